The van der Waals surface area contributed by atoms with Gasteiger partial charge in [-0.3, -0.25) is 38.3 Å². The molecule has 25 heteroatoms. The Hall–Kier alpha value is -7.87. The largest absolute Gasteiger partial charge is 0.512 e. The molecule has 2 aromatic carbocycles. The third-order valence-corrected chi connectivity index (χ3v) is 16.0. The van der Waals surface area contributed by atoms with E-state index in [0.717, 1.165) is 85.6 Å². The highest BCUT2D eigenvalue weighted by molar-refractivity contribution is 7.89. The number of pyridine rings is 2. The van der Waals surface area contributed by atoms with Crippen LogP contribution >= 0.6 is 0 Å². The van der Waals surface area contributed by atoms with Gasteiger partial charge < -0.3 is 20.1 Å². The van der Waals surface area contributed by atoms with Gasteiger partial charge in [-0.1, -0.05) is 36.4 Å². The summed E-state index contributed by atoms with van der Waals surface area (Å²) in [5, 5.41) is 15.2. The smallest absolute Gasteiger partial charge is 0.409 e. The second-order valence-corrected chi connectivity index (χ2v) is 23.0. The summed E-state index contributed by atoms with van der Waals surface area (Å²) in [4.78, 5) is 83.3. The number of aryl methyl sites for hydroxylation is 4. The number of hydrogen-bond acceptors (Lipinski definition) is 17. The Morgan fingerprint density at radius 1 is 0.590 bits per heavy atom. The number of carbonyl (C=O) groups excluding carboxylic acids is 5. The maximum absolute atomic E-state index is 14.4. The number of sulfonamides is 2. The van der Waals surface area contributed by atoms with Crippen LogP contribution in [0.5, 0.6) is 0 Å². The number of amides is 4. The second-order valence-electron chi connectivity index (χ2n) is 19.3. The fourth-order valence-corrected chi connectivity index (χ4v) is 11.8. The van der Waals surface area contributed by atoms with Crippen LogP contribution in [0.25, 0.3) is 22.3 Å². The van der Waals surface area contributed by atoms with Crippen LogP contribution in [0.3, 0.4) is 0 Å². The Morgan fingerprint density at radius 2 is 0.962 bits per heavy atom. The molecule has 2 aliphatic heterocycles. The average Bonchev–Trinajstić information content (AvgIpc) is 4.01. The van der Waals surface area contributed by atoms with Crippen molar-refractivity contribution >= 4 is 61.5 Å². The maximum atomic E-state index is 14.4. The van der Waals surface area contributed by atoms with Gasteiger partial charge in [0.25, 0.3) is 23.6 Å². The maximum Gasteiger partial charge on any atom is 0.512 e. The third kappa shape index (κ3) is 12.0. The molecular weight excluding hydrogens is 1040 g/mol. The van der Waals surface area contributed by atoms with Crippen LogP contribution in [0.15, 0.2) is 97.6 Å². The second kappa shape index (κ2) is 23.4. The van der Waals surface area contributed by atoms with Crippen LogP contribution < -0.4 is 20.4 Å². The molecule has 4 aromatic heterocycles. The van der Waals surface area contributed by atoms with Gasteiger partial charge in [0.05, 0.1) is 37.0 Å². The third-order valence-electron chi connectivity index (χ3n) is 13.6. The molecular formula is C53H62N12O11S2. The number of benzene rings is 2. The minimum Gasteiger partial charge on any atom is -0.409 e. The molecule has 0 spiro atoms. The Labute approximate surface area is 452 Å². The minimum absolute atomic E-state index is 0.157. The number of aromatic nitrogens is 6. The summed E-state index contributed by atoms with van der Waals surface area (Å²) in [5.41, 5.74) is 3.04. The minimum atomic E-state index is -4.55. The quantitative estimate of drug-likeness (QED) is 0.0949. The van der Waals surface area contributed by atoms with Crippen LogP contribution in [0.2, 0.25) is 0 Å². The number of carbonyl (C=O) groups is 5. The van der Waals surface area contributed by atoms with Crippen molar-refractivity contribution in [2.24, 2.45) is 14.1 Å². The highest BCUT2D eigenvalue weighted by Gasteiger charge is 2.40. The van der Waals surface area contributed by atoms with Crippen molar-refractivity contribution in [3.05, 3.63) is 131 Å². The highest BCUT2D eigenvalue weighted by atomic mass is 32.2. The SMILES string of the molecule is Cc1cccnc1N(C(=O)c1ccc(-c2cnn(C)c2C(=O)N(C(C)OC(=O)OC(C)N(C(=O)c2c(-c3ccc(C(=O)N(c4ncccc4C)[C@@H]4CCCNC4)cc3)cnn2C)S(C)(=O)=O)S(C)(=O)=O)cc1)[C@@H]1CCCNC1. The van der Waals surface area contributed by atoms with E-state index in [-0.39, 0.29) is 46.4 Å². The molecule has 2 aliphatic rings. The van der Waals surface area contributed by atoms with E-state index < -0.39 is 50.5 Å². The van der Waals surface area contributed by atoms with E-state index in [2.05, 4.69) is 30.8 Å². The Bertz CT molecular complexity index is 3220. The van der Waals surface area contributed by atoms with Crippen molar-refractivity contribution in [2.45, 2.75) is 77.9 Å². The Morgan fingerprint density at radius 3 is 1.28 bits per heavy atom. The number of piperidine rings is 2. The summed E-state index contributed by atoms with van der Waals surface area (Å²) in [5.74, 6) is -1.80. The van der Waals surface area contributed by atoms with Crippen molar-refractivity contribution in [1.82, 2.24) is 48.8 Å². The van der Waals surface area contributed by atoms with Gasteiger partial charge in [0.15, 0.2) is 12.5 Å². The molecule has 2 N–H and O–H groups in total. The predicted octanol–water partition coefficient (Wildman–Crippen LogP) is 5.04. The predicted molar refractivity (Wildman–Crippen MR) is 289 cm³/mol. The van der Waals surface area contributed by atoms with Crippen LogP contribution in [0, 0.1) is 13.8 Å². The lowest BCUT2D eigenvalue weighted by Crippen LogP contribution is -2.49. The molecule has 6 heterocycles. The summed E-state index contributed by atoms with van der Waals surface area (Å²) in [6.07, 6.45) is 5.26. The fourth-order valence-electron chi connectivity index (χ4n) is 9.89. The molecule has 6 aromatic rings. The first-order valence-electron chi connectivity index (χ1n) is 25.2. The summed E-state index contributed by atoms with van der Waals surface area (Å²) >= 11 is 0. The summed E-state index contributed by atoms with van der Waals surface area (Å²) in [6, 6.07) is 19.8. The molecule has 23 nitrogen and oxygen atoms in total. The lowest BCUT2D eigenvalue weighted by atomic mass is 10.0. The van der Waals surface area contributed by atoms with Crippen molar-refractivity contribution in [1.29, 1.82) is 0 Å². The van der Waals surface area contributed by atoms with Gasteiger partial charge in [-0.2, -0.15) is 18.8 Å². The van der Waals surface area contributed by atoms with Gasteiger partial charge in [-0.05, 0) is 125 Å². The molecule has 2 saturated heterocycles. The molecule has 0 bridgehead atoms. The normalized spacial score (nSPS) is 16.6. The van der Waals surface area contributed by atoms with Crippen LogP contribution in [0.4, 0.5) is 16.4 Å². The first-order chi connectivity index (χ1) is 37.1. The van der Waals surface area contributed by atoms with E-state index in [4.69, 9.17) is 9.47 Å². The number of ether oxygens (including phenoxy) is 2. The molecule has 2 fully saturated rings. The molecule has 4 atom stereocenters. The van der Waals surface area contributed by atoms with Gasteiger partial charge in [0.2, 0.25) is 20.0 Å². The van der Waals surface area contributed by atoms with Crippen molar-refractivity contribution < 1.29 is 50.3 Å². The monoisotopic (exact) mass is 1110 g/mol. The molecule has 78 heavy (non-hydrogen) atoms. The van der Waals surface area contributed by atoms with Gasteiger partial charge >= 0.3 is 6.16 Å². The lowest BCUT2D eigenvalue weighted by Gasteiger charge is -2.34. The average molecular weight is 1110 g/mol. The molecule has 4 amide bonds. The van der Waals surface area contributed by atoms with Gasteiger partial charge in [0, 0.05) is 61.8 Å². The zero-order valence-corrected chi connectivity index (χ0v) is 46.1. The zero-order valence-electron chi connectivity index (χ0n) is 44.5. The van der Waals surface area contributed by atoms with Crippen LogP contribution in [-0.4, -0.2) is 148 Å². The Kier molecular flexibility index (Phi) is 16.9. The summed E-state index contributed by atoms with van der Waals surface area (Å²) < 4.78 is 67.2. The number of hydrogen-bond donors (Lipinski definition) is 2. The molecule has 412 valence electrons. The first-order valence-corrected chi connectivity index (χ1v) is 28.9. The van der Waals surface area contributed by atoms with Gasteiger partial charge in [-0.25, -0.2) is 31.6 Å². The van der Waals surface area contributed by atoms with E-state index in [1.165, 1.54) is 26.5 Å². The van der Waals surface area contributed by atoms with E-state index in [1.54, 1.807) is 82.9 Å². The van der Waals surface area contributed by atoms with Crippen LogP contribution in [-0.2, 0) is 43.6 Å². The fraction of sp³-hybridized carbons (Fsp3) is 0.377. The molecule has 8 rings (SSSR count). The number of nitrogens with zero attached hydrogens (tertiary/aromatic N) is 10. The molecule has 0 saturated carbocycles. The molecule has 0 radical (unpaired) electrons. The highest BCUT2D eigenvalue weighted by Crippen LogP contribution is 2.32. The van der Waals surface area contributed by atoms with Crippen molar-refractivity contribution in [2.75, 3.05) is 48.5 Å². The zero-order chi connectivity index (χ0) is 56.2. The van der Waals surface area contributed by atoms with Gasteiger partial charge in [-0.15, -0.1) is 0 Å². The number of nitrogens with one attached hydrogen (secondary N) is 2. The van der Waals surface area contributed by atoms with E-state index >= 15 is 0 Å². The van der Waals surface area contributed by atoms with Crippen LogP contribution in [0.1, 0.15) is 92.4 Å². The molecule has 0 aliphatic carbocycles. The number of anilines is 2. The summed E-state index contributed by atoms with van der Waals surface area (Å²) in [6.45, 7) is 8.78. The van der Waals surface area contributed by atoms with Gasteiger partial charge in [0.1, 0.15) is 23.0 Å². The summed E-state index contributed by atoms with van der Waals surface area (Å²) in [7, 11) is -6.26. The topological polar surface area (TPSA) is 271 Å². The Balaban J connectivity index is 0.981. The molecule has 2 unspecified atom stereocenters. The number of rotatable bonds is 16. The van der Waals surface area contributed by atoms with Crippen molar-refractivity contribution in [3.63, 3.8) is 0 Å². The standard InChI is InChI=1S/C53H62N12O11S2/c1-33-13-9-27-56-47(33)62(41-15-11-25-54-29-41)49(66)39-21-17-37(18-22-39)43-31-58-60(5)45(43)51(68)64(77(7,71)72)35(3)75-53(70)76-36(4)65(78(8,73)74)52(69)46-44(32-59-61(46)6)38-19-23-40(24-20-38)50(67)63(42-16-12-26-55-30-42)48-34(2)14-10-28-57-48/h9-10,13-14,17-24,27-28,31-32,35-36,41-42,54-55H,11-12,15-16,25-26,29-30H2,1-8H3/t35?,36?,41-,42-/m1/s1. The van der Waals surface area contributed by atoms with E-state index in [0.29, 0.717) is 55.6 Å². The van der Waals surface area contributed by atoms with E-state index in [1.807, 2.05) is 26.0 Å². The lowest BCUT2D eigenvalue weighted by molar-refractivity contribution is -0.0376. The van der Waals surface area contributed by atoms with Crippen molar-refractivity contribution in [3.8, 4) is 22.3 Å². The van der Waals surface area contributed by atoms with E-state index in [9.17, 15) is 40.8 Å². The first kappa shape index (κ1) is 56.3.